The maximum atomic E-state index is 11.4. The van der Waals surface area contributed by atoms with Crippen LogP contribution in [0.15, 0.2) is 23.0 Å². The average molecular weight is 200 g/mol. The summed E-state index contributed by atoms with van der Waals surface area (Å²) in [5, 5.41) is 3.62. The highest BCUT2D eigenvalue weighted by molar-refractivity contribution is 8.34. The molecule has 13 heavy (non-hydrogen) atoms. The van der Waals surface area contributed by atoms with Crippen LogP contribution in [-0.2, 0) is 14.3 Å². The predicted octanol–water partition coefficient (Wildman–Crippen LogP) is 1.51. The van der Waals surface area contributed by atoms with Crippen molar-refractivity contribution in [3.05, 3.63) is 23.0 Å². The van der Waals surface area contributed by atoms with Crippen LogP contribution in [0, 0.1) is 0 Å². The summed E-state index contributed by atoms with van der Waals surface area (Å²) in [6.07, 6.45) is 3.55. The minimum Gasteiger partial charge on any atom is -0.466 e. The maximum Gasteiger partial charge on any atom is 0.314 e. The SMILES string of the molecule is CCOC(=O)CC(=O)[SH]1C=CC=C1. The van der Waals surface area contributed by atoms with Crippen LogP contribution in [-0.4, -0.2) is 17.7 Å². The van der Waals surface area contributed by atoms with E-state index in [1.165, 1.54) is 0 Å². The van der Waals surface area contributed by atoms with Crippen molar-refractivity contribution in [1.82, 2.24) is 0 Å². The van der Waals surface area contributed by atoms with Crippen LogP contribution < -0.4 is 0 Å². The third-order valence-corrected chi connectivity index (χ3v) is 3.21. The van der Waals surface area contributed by atoms with Crippen LogP contribution in [0.5, 0.6) is 0 Å². The van der Waals surface area contributed by atoms with Crippen molar-refractivity contribution in [2.75, 3.05) is 6.61 Å². The molecule has 0 saturated heterocycles. The Bertz CT molecular complexity index is 256. The first-order chi connectivity index (χ1) is 6.24. The van der Waals surface area contributed by atoms with E-state index in [4.69, 9.17) is 0 Å². The Hall–Kier alpha value is -1.03. The molecule has 0 aromatic rings. The van der Waals surface area contributed by atoms with Crippen molar-refractivity contribution in [1.29, 1.82) is 0 Å². The molecule has 0 atom stereocenters. The number of esters is 1. The van der Waals surface area contributed by atoms with Crippen LogP contribution in [0.3, 0.4) is 0 Å². The van der Waals surface area contributed by atoms with Gasteiger partial charge in [0, 0.05) is 0 Å². The zero-order valence-electron chi connectivity index (χ0n) is 7.40. The molecule has 0 aliphatic carbocycles. The molecule has 0 aromatic carbocycles. The van der Waals surface area contributed by atoms with Gasteiger partial charge in [-0.05, 0) is 17.7 Å². The molecular weight excluding hydrogens is 188 g/mol. The fourth-order valence-electron chi connectivity index (χ4n) is 0.928. The number of rotatable bonds is 3. The van der Waals surface area contributed by atoms with Crippen LogP contribution in [0.2, 0.25) is 0 Å². The number of carbonyl (C=O) groups is 2. The van der Waals surface area contributed by atoms with Gasteiger partial charge in [-0.2, -0.15) is 10.9 Å². The Morgan fingerprint density at radius 3 is 2.46 bits per heavy atom. The molecule has 1 aliphatic heterocycles. The summed E-state index contributed by atoms with van der Waals surface area (Å²) in [5.74, 6) is -0.427. The van der Waals surface area contributed by atoms with Crippen molar-refractivity contribution in [2.45, 2.75) is 13.3 Å². The number of hydrogen-bond acceptors (Lipinski definition) is 3. The predicted molar refractivity (Wildman–Crippen MR) is 53.5 cm³/mol. The molecule has 0 aromatic heterocycles. The molecule has 0 unspecified atom stereocenters. The average Bonchev–Trinajstić information content (AvgIpc) is 2.55. The van der Waals surface area contributed by atoms with Gasteiger partial charge in [-0.1, -0.05) is 12.2 Å². The second-order valence-corrected chi connectivity index (χ2v) is 4.38. The molecule has 1 heterocycles. The molecule has 0 saturated carbocycles. The molecule has 0 radical (unpaired) electrons. The maximum absolute atomic E-state index is 11.4. The van der Waals surface area contributed by atoms with E-state index >= 15 is 0 Å². The van der Waals surface area contributed by atoms with Crippen molar-refractivity contribution in [2.24, 2.45) is 0 Å². The van der Waals surface area contributed by atoms with Gasteiger partial charge in [-0.25, -0.2) is 0 Å². The van der Waals surface area contributed by atoms with Gasteiger partial charge in [0.2, 0.25) is 0 Å². The number of allylic oxidation sites excluding steroid dienone is 2. The fraction of sp³-hybridized carbons (Fsp3) is 0.333. The second-order valence-electron chi connectivity index (χ2n) is 2.47. The Kier molecular flexibility index (Phi) is 3.76. The van der Waals surface area contributed by atoms with E-state index in [1.54, 1.807) is 6.92 Å². The van der Waals surface area contributed by atoms with Gasteiger partial charge in [0.15, 0.2) is 5.12 Å². The first kappa shape index (κ1) is 10.1. The molecule has 0 fully saturated rings. The molecule has 0 spiro atoms. The third-order valence-electron chi connectivity index (χ3n) is 1.49. The summed E-state index contributed by atoms with van der Waals surface area (Å²) >= 11 is 0. The molecule has 1 rings (SSSR count). The van der Waals surface area contributed by atoms with Gasteiger partial charge in [0.25, 0.3) is 0 Å². The van der Waals surface area contributed by atoms with Crippen LogP contribution in [0.4, 0.5) is 0 Å². The highest BCUT2D eigenvalue weighted by Crippen LogP contribution is 2.34. The first-order valence-electron chi connectivity index (χ1n) is 4.06. The van der Waals surface area contributed by atoms with E-state index in [0.29, 0.717) is 6.61 Å². The lowest BCUT2D eigenvalue weighted by Gasteiger charge is -2.07. The molecule has 0 amide bonds. The fourth-order valence-corrected chi connectivity index (χ4v) is 2.24. The van der Waals surface area contributed by atoms with Crippen molar-refractivity contribution < 1.29 is 14.3 Å². The van der Waals surface area contributed by atoms with Gasteiger partial charge >= 0.3 is 5.97 Å². The zero-order valence-corrected chi connectivity index (χ0v) is 8.29. The minimum atomic E-state index is -0.850. The zero-order chi connectivity index (χ0) is 9.68. The standard InChI is InChI=1S/C9H12O3S/c1-2-12-8(10)7-9(11)13-5-3-4-6-13/h3-6,13H,2,7H2,1H3. The van der Waals surface area contributed by atoms with E-state index in [1.807, 2.05) is 23.0 Å². The van der Waals surface area contributed by atoms with Crippen molar-refractivity contribution >= 4 is 22.0 Å². The van der Waals surface area contributed by atoms with Crippen LogP contribution >= 0.6 is 10.9 Å². The highest BCUT2D eigenvalue weighted by Gasteiger charge is 2.15. The van der Waals surface area contributed by atoms with Gasteiger partial charge in [0.05, 0.1) is 6.61 Å². The Labute approximate surface area is 79.8 Å². The topological polar surface area (TPSA) is 43.4 Å². The number of thiol groups is 1. The van der Waals surface area contributed by atoms with E-state index in [-0.39, 0.29) is 11.5 Å². The number of ether oxygens (including phenoxy) is 1. The van der Waals surface area contributed by atoms with Crippen molar-refractivity contribution in [3.63, 3.8) is 0 Å². The molecular formula is C9H12O3S. The molecule has 1 aliphatic rings. The van der Waals surface area contributed by atoms with E-state index in [9.17, 15) is 9.59 Å². The van der Waals surface area contributed by atoms with E-state index < -0.39 is 16.9 Å². The lowest BCUT2D eigenvalue weighted by atomic mass is 10.5. The number of carbonyl (C=O) groups excluding carboxylic acids is 2. The first-order valence-corrected chi connectivity index (χ1v) is 5.54. The van der Waals surface area contributed by atoms with E-state index in [2.05, 4.69) is 4.74 Å². The van der Waals surface area contributed by atoms with Crippen molar-refractivity contribution in [3.8, 4) is 0 Å². The number of hydrogen-bond donors (Lipinski definition) is 1. The van der Waals surface area contributed by atoms with Gasteiger partial charge in [0.1, 0.15) is 6.42 Å². The van der Waals surface area contributed by atoms with Crippen LogP contribution in [0.25, 0.3) is 0 Å². The normalized spacial score (nSPS) is 16.2. The Morgan fingerprint density at radius 2 is 1.92 bits per heavy atom. The monoisotopic (exact) mass is 200 g/mol. The molecule has 4 heteroatoms. The summed E-state index contributed by atoms with van der Waals surface area (Å²) < 4.78 is 4.67. The summed E-state index contributed by atoms with van der Waals surface area (Å²) in [7, 11) is -0.850. The Morgan fingerprint density at radius 1 is 1.31 bits per heavy atom. The lowest BCUT2D eigenvalue weighted by Crippen LogP contribution is -2.09. The van der Waals surface area contributed by atoms with Gasteiger partial charge in [-0.3, -0.25) is 9.59 Å². The second kappa shape index (κ2) is 4.87. The smallest absolute Gasteiger partial charge is 0.314 e. The summed E-state index contributed by atoms with van der Waals surface area (Å²) in [6, 6.07) is 0. The van der Waals surface area contributed by atoms with E-state index in [0.717, 1.165) is 0 Å². The molecule has 3 nitrogen and oxygen atoms in total. The highest BCUT2D eigenvalue weighted by atomic mass is 32.2. The minimum absolute atomic E-state index is 0.0431. The van der Waals surface area contributed by atoms with Gasteiger partial charge in [-0.15, -0.1) is 0 Å². The van der Waals surface area contributed by atoms with Crippen LogP contribution in [0.1, 0.15) is 13.3 Å². The quantitative estimate of drug-likeness (QED) is 0.426. The summed E-state index contributed by atoms with van der Waals surface area (Å²) in [5.41, 5.74) is 0. The summed E-state index contributed by atoms with van der Waals surface area (Å²) in [6.45, 7) is 2.05. The summed E-state index contributed by atoms with van der Waals surface area (Å²) in [4.78, 5) is 22.3. The third kappa shape index (κ3) is 3.06. The molecule has 72 valence electrons. The molecule has 0 bridgehead atoms. The largest absolute Gasteiger partial charge is 0.466 e. The lowest BCUT2D eigenvalue weighted by molar-refractivity contribution is -0.144. The molecule has 0 N–H and O–H groups in total. The Balaban J connectivity index is 2.36. The van der Waals surface area contributed by atoms with Gasteiger partial charge < -0.3 is 4.74 Å².